The van der Waals surface area contributed by atoms with Gasteiger partial charge in [-0.2, -0.15) is 0 Å². The van der Waals surface area contributed by atoms with Crippen LogP contribution in [-0.2, 0) is 9.53 Å². The highest BCUT2D eigenvalue weighted by Crippen LogP contribution is 2.43. The van der Waals surface area contributed by atoms with E-state index < -0.39 is 6.23 Å². The van der Waals surface area contributed by atoms with Crippen LogP contribution in [-0.4, -0.2) is 11.7 Å². The lowest BCUT2D eigenvalue weighted by molar-refractivity contribution is -0.116. The van der Waals surface area contributed by atoms with E-state index in [1.165, 1.54) is 6.92 Å². The predicted octanol–water partition coefficient (Wildman–Crippen LogP) is 7.17. The average molecular weight is 480 g/mol. The molecule has 0 N–H and O–H groups in total. The number of amides is 1. The first kappa shape index (κ1) is 22.6. The van der Waals surface area contributed by atoms with Crippen molar-refractivity contribution in [2.45, 2.75) is 13.2 Å². The molecule has 0 bridgehead atoms. The van der Waals surface area contributed by atoms with Crippen molar-refractivity contribution in [2.75, 3.05) is 4.90 Å². The zero-order valence-corrected chi connectivity index (χ0v) is 19.8. The maximum absolute atomic E-state index is 14.3. The van der Waals surface area contributed by atoms with E-state index in [0.717, 1.165) is 16.7 Å². The Labute approximate surface area is 209 Å². The minimum absolute atomic E-state index is 0.0387. The summed E-state index contributed by atoms with van der Waals surface area (Å²) in [6.45, 7) is 1.52. The molecule has 5 rings (SSSR count). The van der Waals surface area contributed by atoms with Gasteiger partial charge in [-0.15, -0.1) is 0 Å². The Hall–Kier alpha value is -4.15. The van der Waals surface area contributed by atoms with Gasteiger partial charge in [-0.3, -0.25) is 14.5 Å². The van der Waals surface area contributed by atoms with Crippen LogP contribution in [0.3, 0.4) is 0 Å². The van der Waals surface area contributed by atoms with Crippen molar-refractivity contribution in [3.63, 3.8) is 0 Å². The zero-order valence-electron chi connectivity index (χ0n) is 19.0. The highest BCUT2D eigenvalue weighted by molar-refractivity contribution is 6.32. The van der Waals surface area contributed by atoms with Gasteiger partial charge in [-0.25, -0.2) is 0 Å². The molecule has 0 spiro atoms. The molecule has 35 heavy (non-hydrogen) atoms. The second-order valence-corrected chi connectivity index (χ2v) is 8.67. The molecule has 0 fully saturated rings. The van der Waals surface area contributed by atoms with Crippen LogP contribution in [0.15, 0.2) is 109 Å². The Morgan fingerprint density at radius 2 is 1.34 bits per heavy atom. The molecule has 0 radical (unpaired) electrons. The highest BCUT2D eigenvalue weighted by Gasteiger charge is 2.39. The van der Waals surface area contributed by atoms with Crippen LogP contribution in [0, 0.1) is 0 Å². The topological polar surface area (TPSA) is 46.6 Å². The molecule has 1 atom stereocenters. The Morgan fingerprint density at radius 1 is 0.771 bits per heavy atom. The van der Waals surface area contributed by atoms with Crippen LogP contribution >= 0.6 is 11.6 Å². The molecule has 1 heterocycles. The number of carbonyl (C=O) groups is 2. The lowest BCUT2D eigenvalue weighted by Gasteiger charge is -2.38. The second-order valence-electron chi connectivity index (χ2n) is 8.24. The van der Waals surface area contributed by atoms with E-state index in [4.69, 9.17) is 16.3 Å². The number of ketones is 1. The molecule has 0 saturated carbocycles. The van der Waals surface area contributed by atoms with Gasteiger partial charge in [0.05, 0.1) is 5.57 Å². The molecule has 1 aliphatic heterocycles. The van der Waals surface area contributed by atoms with Crippen LogP contribution < -0.4 is 4.90 Å². The summed E-state index contributed by atoms with van der Waals surface area (Å²) >= 11 is 6.14. The first-order chi connectivity index (χ1) is 17.0. The van der Waals surface area contributed by atoms with Crippen LogP contribution in [0.2, 0.25) is 5.02 Å². The molecule has 1 amide bonds. The van der Waals surface area contributed by atoms with E-state index in [2.05, 4.69) is 0 Å². The first-order valence-corrected chi connectivity index (χ1v) is 11.6. The molecule has 0 aliphatic carbocycles. The molecule has 1 aliphatic rings. The molecule has 0 unspecified atom stereocenters. The lowest BCUT2D eigenvalue weighted by atomic mass is 9.96. The molecule has 172 valence electrons. The number of rotatable bonds is 5. The van der Waals surface area contributed by atoms with E-state index >= 15 is 0 Å². The van der Waals surface area contributed by atoms with Gasteiger partial charge in [-0.1, -0.05) is 84.4 Å². The standard InChI is InChI=1S/C30H22ClNO3/c1-20(33)21-14-18-26(19-15-21)32-29(34)27(22-8-4-2-5-9-22)28(23-10-6-3-7-11-23)35-30(32)24-12-16-25(31)17-13-24/h2-19,30H,1H3/t30-/m0/s1. The molecule has 4 aromatic rings. The number of Topliss-reactive ketones (excluding diaryl/α,β-unsaturated/α-hetero) is 1. The van der Waals surface area contributed by atoms with Crippen molar-refractivity contribution in [3.8, 4) is 0 Å². The van der Waals surface area contributed by atoms with Crippen molar-refractivity contribution in [2.24, 2.45) is 0 Å². The molecule has 5 heteroatoms. The fraction of sp³-hybridized carbons (Fsp3) is 0.0667. The molecule has 0 aromatic heterocycles. The summed E-state index contributed by atoms with van der Waals surface area (Å²) in [4.78, 5) is 27.7. The Kier molecular flexibility index (Phi) is 6.21. The number of hydrogen-bond donors (Lipinski definition) is 0. The third-order valence-corrected chi connectivity index (χ3v) is 6.18. The monoisotopic (exact) mass is 479 g/mol. The number of benzene rings is 4. The van der Waals surface area contributed by atoms with Crippen molar-refractivity contribution < 1.29 is 14.3 Å². The van der Waals surface area contributed by atoms with E-state index in [1.54, 1.807) is 41.3 Å². The van der Waals surface area contributed by atoms with Gasteiger partial charge < -0.3 is 4.74 Å². The van der Waals surface area contributed by atoms with E-state index in [0.29, 0.717) is 27.6 Å². The summed E-state index contributed by atoms with van der Waals surface area (Å²) in [5.74, 6) is 0.276. The third kappa shape index (κ3) is 4.48. The fourth-order valence-electron chi connectivity index (χ4n) is 4.16. The molecule has 4 aromatic carbocycles. The van der Waals surface area contributed by atoms with Gasteiger partial charge in [0.25, 0.3) is 5.91 Å². The summed E-state index contributed by atoms with van der Waals surface area (Å²) in [7, 11) is 0. The number of halogens is 1. The fourth-order valence-corrected chi connectivity index (χ4v) is 4.29. The van der Waals surface area contributed by atoms with Gasteiger partial charge in [0.2, 0.25) is 6.23 Å². The summed E-state index contributed by atoms with van der Waals surface area (Å²) < 4.78 is 6.66. The van der Waals surface area contributed by atoms with Gasteiger partial charge in [-0.05, 0) is 48.9 Å². The number of ether oxygens (including phenoxy) is 1. The van der Waals surface area contributed by atoms with Crippen molar-refractivity contribution in [3.05, 3.63) is 136 Å². The summed E-state index contributed by atoms with van der Waals surface area (Å²) in [5, 5.41) is 0.594. The largest absolute Gasteiger partial charge is 0.464 e. The van der Waals surface area contributed by atoms with Crippen LogP contribution in [0.4, 0.5) is 5.69 Å². The van der Waals surface area contributed by atoms with Crippen LogP contribution in [0.5, 0.6) is 0 Å². The molecular formula is C30H22ClNO3. The number of nitrogens with zero attached hydrogens (tertiary/aromatic N) is 1. The van der Waals surface area contributed by atoms with Gasteiger partial charge >= 0.3 is 0 Å². The Balaban J connectivity index is 1.72. The maximum atomic E-state index is 14.3. The summed E-state index contributed by atoms with van der Waals surface area (Å²) in [6.07, 6.45) is -0.731. The molecule has 0 saturated heterocycles. The maximum Gasteiger partial charge on any atom is 0.265 e. The van der Waals surface area contributed by atoms with Gasteiger partial charge in [0, 0.05) is 27.4 Å². The van der Waals surface area contributed by atoms with Crippen LogP contribution in [0.1, 0.15) is 40.2 Å². The van der Waals surface area contributed by atoms with Crippen molar-refractivity contribution in [1.29, 1.82) is 0 Å². The van der Waals surface area contributed by atoms with Gasteiger partial charge in [0.15, 0.2) is 5.78 Å². The van der Waals surface area contributed by atoms with Crippen molar-refractivity contribution >= 4 is 40.3 Å². The lowest BCUT2D eigenvalue weighted by Crippen LogP contribution is -2.40. The highest BCUT2D eigenvalue weighted by atomic mass is 35.5. The van der Waals surface area contributed by atoms with E-state index in [9.17, 15) is 9.59 Å². The predicted molar refractivity (Wildman–Crippen MR) is 139 cm³/mol. The third-order valence-electron chi connectivity index (χ3n) is 5.93. The number of carbonyl (C=O) groups excluding carboxylic acids is 2. The molecular weight excluding hydrogens is 458 g/mol. The zero-order chi connectivity index (χ0) is 24.4. The summed E-state index contributed by atoms with van der Waals surface area (Å²) in [5.41, 5.74) is 4.02. The quantitative estimate of drug-likeness (QED) is 0.285. The normalized spacial score (nSPS) is 15.7. The van der Waals surface area contributed by atoms with E-state index in [1.807, 2.05) is 72.8 Å². The average Bonchev–Trinajstić information content (AvgIpc) is 2.89. The SMILES string of the molecule is CC(=O)c1ccc(N2C(=O)C(c3ccccc3)=C(c3ccccc3)O[C@H]2c2ccc(Cl)cc2)cc1. The minimum atomic E-state index is -0.731. The van der Waals surface area contributed by atoms with Gasteiger partial charge in [0.1, 0.15) is 5.76 Å². The van der Waals surface area contributed by atoms with E-state index in [-0.39, 0.29) is 11.7 Å². The second kappa shape index (κ2) is 9.61. The Morgan fingerprint density at radius 3 is 1.91 bits per heavy atom. The van der Waals surface area contributed by atoms with Crippen molar-refractivity contribution in [1.82, 2.24) is 0 Å². The Bertz CT molecular complexity index is 1400. The number of anilines is 1. The molecule has 4 nitrogen and oxygen atoms in total. The number of hydrogen-bond acceptors (Lipinski definition) is 3. The first-order valence-electron chi connectivity index (χ1n) is 11.2. The minimum Gasteiger partial charge on any atom is -0.464 e. The smallest absolute Gasteiger partial charge is 0.265 e. The summed E-state index contributed by atoms with van der Waals surface area (Å²) in [6, 6.07) is 33.4. The van der Waals surface area contributed by atoms with Crippen LogP contribution in [0.25, 0.3) is 11.3 Å².